The van der Waals surface area contributed by atoms with Gasteiger partial charge in [-0.15, -0.1) is 11.8 Å². The minimum Gasteiger partial charge on any atom is -0.493 e. The number of hydrogen-bond donors (Lipinski definition) is 1. The summed E-state index contributed by atoms with van der Waals surface area (Å²) in [6.45, 7) is 1.14. The van der Waals surface area contributed by atoms with Crippen LogP contribution < -0.4 is 19.7 Å². The van der Waals surface area contributed by atoms with Crippen LogP contribution in [-0.4, -0.2) is 80.2 Å². The molecule has 0 spiro atoms. The molecule has 0 radical (unpaired) electrons. The predicted molar refractivity (Wildman–Crippen MR) is 146 cm³/mol. The Labute approximate surface area is 221 Å². The number of aromatic nitrogens is 2. The molecule has 1 aliphatic rings. The van der Waals surface area contributed by atoms with Crippen molar-refractivity contribution in [3.8, 4) is 22.8 Å². The summed E-state index contributed by atoms with van der Waals surface area (Å²) in [5.41, 5.74) is 3.56. The standard InChI is InChI=1S/C27H33N5O4S/c1-30(2)14-13-28-22(33)16-32-23(34)17-37-26(19-11-12-20(35-4)21(15-19)36-5)24-25(29-31(3)27(24)32)18-9-7-6-8-10-18/h6-12,15,26H,13-14,16-17H2,1-5H3,(H,28,33)/t26-/m0/s1. The zero-order valence-electron chi connectivity index (χ0n) is 21.9. The molecule has 1 aromatic heterocycles. The Morgan fingerprint density at radius 2 is 1.86 bits per heavy atom. The van der Waals surface area contributed by atoms with E-state index in [4.69, 9.17) is 14.6 Å². The maximum absolute atomic E-state index is 13.4. The fourth-order valence-electron chi connectivity index (χ4n) is 4.40. The van der Waals surface area contributed by atoms with Gasteiger partial charge < -0.3 is 19.7 Å². The van der Waals surface area contributed by atoms with Gasteiger partial charge in [0.2, 0.25) is 11.8 Å². The molecule has 1 atom stereocenters. The molecule has 0 saturated heterocycles. The molecule has 0 saturated carbocycles. The van der Waals surface area contributed by atoms with Crippen molar-refractivity contribution < 1.29 is 19.1 Å². The van der Waals surface area contributed by atoms with Gasteiger partial charge in [-0.25, -0.2) is 0 Å². The van der Waals surface area contributed by atoms with Crippen LogP contribution in [0.1, 0.15) is 16.4 Å². The van der Waals surface area contributed by atoms with Crippen molar-refractivity contribution in [3.63, 3.8) is 0 Å². The highest BCUT2D eigenvalue weighted by atomic mass is 32.2. The summed E-state index contributed by atoms with van der Waals surface area (Å²) in [4.78, 5) is 29.8. The number of methoxy groups -OCH3 is 2. The van der Waals surface area contributed by atoms with Crippen molar-refractivity contribution in [2.75, 3.05) is 58.6 Å². The van der Waals surface area contributed by atoms with Gasteiger partial charge in [0.1, 0.15) is 12.4 Å². The summed E-state index contributed by atoms with van der Waals surface area (Å²) in [5, 5.41) is 7.55. The lowest BCUT2D eigenvalue weighted by Crippen LogP contribution is -2.43. The minimum absolute atomic E-state index is 0.0771. The Balaban J connectivity index is 1.81. The lowest BCUT2D eigenvalue weighted by atomic mass is 9.99. The highest BCUT2D eigenvalue weighted by Crippen LogP contribution is 2.48. The van der Waals surface area contributed by atoms with E-state index in [1.165, 1.54) is 11.8 Å². The number of nitrogens with zero attached hydrogens (tertiary/aromatic N) is 4. The summed E-state index contributed by atoms with van der Waals surface area (Å²) in [5.74, 6) is 1.73. The number of carbonyl (C=O) groups excluding carboxylic acids is 2. The largest absolute Gasteiger partial charge is 0.493 e. The fourth-order valence-corrected chi connectivity index (χ4v) is 5.58. The molecule has 196 valence electrons. The first kappa shape index (κ1) is 26.6. The Hall–Kier alpha value is -3.50. The average Bonchev–Trinajstić information content (AvgIpc) is 3.16. The molecule has 0 fully saturated rings. The van der Waals surface area contributed by atoms with Gasteiger partial charge >= 0.3 is 0 Å². The summed E-state index contributed by atoms with van der Waals surface area (Å²) in [6, 6.07) is 15.7. The van der Waals surface area contributed by atoms with Gasteiger partial charge in [-0.2, -0.15) is 5.10 Å². The van der Waals surface area contributed by atoms with E-state index in [9.17, 15) is 9.59 Å². The van der Waals surface area contributed by atoms with Gasteiger partial charge in [-0.1, -0.05) is 36.4 Å². The Morgan fingerprint density at radius 1 is 1.14 bits per heavy atom. The van der Waals surface area contributed by atoms with Crippen molar-refractivity contribution in [1.82, 2.24) is 20.0 Å². The fraction of sp³-hybridized carbons (Fsp3) is 0.370. The number of likely N-dealkylation sites (N-methyl/N-ethyl adjacent to an activating group) is 1. The van der Waals surface area contributed by atoms with E-state index in [-0.39, 0.29) is 29.4 Å². The molecule has 10 heteroatoms. The molecule has 0 aliphatic carbocycles. The van der Waals surface area contributed by atoms with E-state index in [0.29, 0.717) is 30.4 Å². The first-order valence-electron chi connectivity index (χ1n) is 12.0. The Kier molecular flexibility index (Phi) is 8.40. The molecule has 37 heavy (non-hydrogen) atoms. The second-order valence-electron chi connectivity index (χ2n) is 9.01. The molecule has 0 bridgehead atoms. The van der Waals surface area contributed by atoms with Crippen LogP contribution >= 0.6 is 11.8 Å². The van der Waals surface area contributed by atoms with E-state index >= 15 is 0 Å². The third kappa shape index (κ3) is 5.75. The summed E-state index contributed by atoms with van der Waals surface area (Å²) in [6.07, 6.45) is 0. The molecule has 9 nitrogen and oxygen atoms in total. The molecule has 2 aromatic carbocycles. The van der Waals surface area contributed by atoms with Crippen LogP contribution in [-0.2, 0) is 16.6 Å². The van der Waals surface area contributed by atoms with Crippen molar-refractivity contribution in [3.05, 3.63) is 59.7 Å². The van der Waals surface area contributed by atoms with E-state index < -0.39 is 0 Å². The third-order valence-corrected chi connectivity index (χ3v) is 7.44. The van der Waals surface area contributed by atoms with E-state index in [1.54, 1.807) is 23.8 Å². The lowest BCUT2D eigenvalue weighted by Gasteiger charge is -2.22. The number of amides is 2. The minimum atomic E-state index is -0.218. The second-order valence-corrected chi connectivity index (χ2v) is 10.1. The number of rotatable bonds is 9. The van der Waals surface area contributed by atoms with Crippen molar-refractivity contribution >= 4 is 29.4 Å². The van der Waals surface area contributed by atoms with Gasteiger partial charge in [0.15, 0.2) is 11.5 Å². The highest BCUT2D eigenvalue weighted by molar-refractivity contribution is 8.00. The van der Waals surface area contributed by atoms with Crippen molar-refractivity contribution in [2.24, 2.45) is 7.05 Å². The smallest absolute Gasteiger partial charge is 0.240 e. The van der Waals surface area contributed by atoms with Gasteiger partial charge in [0.25, 0.3) is 0 Å². The number of fused-ring (bicyclic) bond motifs is 1. The first-order valence-corrected chi connectivity index (χ1v) is 13.1. The molecule has 3 aromatic rings. The zero-order chi connectivity index (χ0) is 26.5. The Bertz CT molecular complexity index is 1260. The van der Waals surface area contributed by atoms with Gasteiger partial charge in [-0.05, 0) is 31.8 Å². The van der Waals surface area contributed by atoms with E-state index in [1.807, 2.05) is 74.6 Å². The lowest BCUT2D eigenvalue weighted by molar-refractivity contribution is -0.122. The average molecular weight is 524 g/mol. The van der Waals surface area contributed by atoms with E-state index in [2.05, 4.69) is 5.32 Å². The number of aryl methyl sites for hydroxylation is 1. The number of carbonyl (C=O) groups is 2. The van der Waals surface area contributed by atoms with Crippen LogP contribution in [0.25, 0.3) is 11.3 Å². The Morgan fingerprint density at radius 3 is 2.54 bits per heavy atom. The SMILES string of the molecule is COc1ccc([C@@H]2SCC(=O)N(CC(=O)NCCN(C)C)c3c2c(-c2ccccc2)nn3C)cc1OC. The third-order valence-electron chi connectivity index (χ3n) is 6.19. The number of thioether (sulfide) groups is 1. The van der Waals surface area contributed by atoms with Crippen LogP contribution in [0.15, 0.2) is 48.5 Å². The maximum Gasteiger partial charge on any atom is 0.240 e. The molecule has 2 amide bonds. The van der Waals surface area contributed by atoms with E-state index in [0.717, 1.165) is 22.4 Å². The summed E-state index contributed by atoms with van der Waals surface area (Å²) >= 11 is 1.52. The van der Waals surface area contributed by atoms with Crippen molar-refractivity contribution in [2.45, 2.75) is 5.25 Å². The molecule has 1 N–H and O–H groups in total. The summed E-state index contributed by atoms with van der Waals surface area (Å²) < 4.78 is 12.7. The van der Waals surface area contributed by atoms with Crippen LogP contribution in [0.3, 0.4) is 0 Å². The van der Waals surface area contributed by atoms with Gasteiger partial charge in [-0.3, -0.25) is 19.2 Å². The highest BCUT2D eigenvalue weighted by Gasteiger charge is 2.36. The van der Waals surface area contributed by atoms with Crippen LogP contribution in [0.2, 0.25) is 0 Å². The number of nitrogens with one attached hydrogen (secondary N) is 1. The van der Waals surface area contributed by atoms with Crippen LogP contribution in [0.5, 0.6) is 11.5 Å². The number of hydrogen-bond acceptors (Lipinski definition) is 7. The number of ether oxygens (including phenoxy) is 2. The number of anilines is 1. The molecule has 2 heterocycles. The maximum atomic E-state index is 13.4. The zero-order valence-corrected chi connectivity index (χ0v) is 22.7. The molecule has 0 unspecified atom stereocenters. The van der Waals surface area contributed by atoms with Gasteiger partial charge in [0.05, 0.1) is 30.9 Å². The predicted octanol–water partition coefficient (Wildman–Crippen LogP) is 2.95. The topological polar surface area (TPSA) is 88.9 Å². The first-order chi connectivity index (χ1) is 17.8. The monoisotopic (exact) mass is 523 g/mol. The number of benzene rings is 2. The van der Waals surface area contributed by atoms with Gasteiger partial charge in [0, 0.05) is 31.3 Å². The molecule has 4 rings (SSSR count). The quantitative estimate of drug-likeness (QED) is 0.461. The van der Waals surface area contributed by atoms with Crippen LogP contribution in [0.4, 0.5) is 5.82 Å². The molecular weight excluding hydrogens is 490 g/mol. The molecular formula is C27H33N5O4S. The van der Waals surface area contributed by atoms with Crippen LogP contribution in [0, 0.1) is 0 Å². The normalized spacial score (nSPS) is 15.4. The summed E-state index contributed by atoms with van der Waals surface area (Å²) in [7, 11) is 8.92. The van der Waals surface area contributed by atoms with Crippen molar-refractivity contribution in [1.29, 1.82) is 0 Å². The second kappa shape index (κ2) is 11.7. The molecule has 1 aliphatic heterocycles.